The Labute approximate surface area is 66.3 Å². The first-order valence-corrected chi connectivity index (χ1v) is 3.07. The van der Waals surface area contributed by atoms with E-state index >= 15 is 0 Å². The second-order valence-corrected chi connectivity index (χ2v) is 2.12. The van der Waals surface area contributed by atoms with Gasteiger partial charge in [-0.25, -0.2) is 4.79 Å². The third-order valence-electron chi connectivity index (χ3n) is 1.43. The molecule has 0 aliphatic carbocycles. The van der Waals surface area contributed by atoms with Crippen LogP contribution in [-0.2, 0) is 4.79 Å². The molecule has 3 nitrogen and oxygen atoms in total. The average Bonchev–Trinajstić information content (AvgIpc) is 1.89. The van der Waals surface area contributed by atoms with Crippen molar-refractivity contribution in [2.24, 2.45) is 0 Å². The molecule has 1 saturated heterocycles. The number of hydrogen-bond acceptors (Lipinski definition) is 3. The van der Waals surface area contributed by atoms with Crippen LogP contribution in [0, 0.1) is 0 Å². The Balaban J connectivity index is 0.000000810. The quantitative estimate of drug-likeness (QED) is 0.481. The minimum Gasteiger partial charge on any atom is -0.377 e. The first-order chi connectivity index (χ1) is 4.34. The van der Waals surface area contributed by atoms with Crippen LogP contribution in [0.2, 0.25) is 0 Å². The Bertz CT molecular complexity index is 154. The maximum absolute atomic E-state index is 10.1. The van der Waals surface area contributed by atoms with Crippen molar-refractivity contribution >= 4 is 18.3 Å². The highest BCUT2D eigenvalue weighted by molar-refractivity contribution is 5.85. The monoisotopic (exact) mass is 162 g/mol. The lowest BCUT2D eigenvalue weighted by Gasteiger charge is -2.21. The topological polar surface area (TPSA) is 41.1 Å². The second-order valence-electron chi connectivity index (χ2n) is 2.12. The van der Waals surface area contributed by atoms with Crippen molar-refractivity contribution in [2.45, 2.75) is 13.0 Å². The first kappa shape index (κ1) is 9.50. The van der Waals surface area contributed by atoms with Gasteiger partial charge in [-0.05, 0) is 6.92 Å². The highest BCUT2D eigenvalue weighted by Gasteiger charge is 2.12. The van der Waals surface area contributed by atoms with E-state index < -0.39 is 0 Å². The molecular formula is C6H11ClN2O. The van der Waals surface area contributed by atoms with E-state index in [1.807, 2.05) is 12.9 Å². The molecule has 1 aliphatic rings. The third kappa shape index (κ3) is 2.03. The van der Waals surface area contributed by atoms with E-state index in [1.165, 1.54) is 0 Å². The molecule has 1 heterocycles. The summed E-state index contributed by atoms with van der Waals surface area (Å²) in [6.45, 7) is 3.69. The molecule has 0 saturated carbocycles. The van der Waals surface area contributed by atoms with E-state index in [0.717, 1.165) is 13.1 Å². The molecule has 58 valence electrons. The van der Waals surface area contributed by atoms with E-state index in [0.29, 0.717) is 5.70 Å². The molecule has 0 spiro atoms. The summed E-state index contributed by atoms with van der Waals surface area (Å²) < 4.78 is 0. The first-order valence-electron chi connectivity index (χ1n) is 3.07. The van der Waals surface area contributed by atoms with Crippen molar-refractivity contribution in [3.05, 3.63) is 5.70 Å². The Morgan fingerprint density at radius 3 is 2.70 bits per heavy atom. The van der Waals surface area contributed by atoms with E-state index in [1.54, 1.807) is 0 Å². The summed E-state index contributed by atoms with van der Waals surface area (Å²) in [6, 6.07) is 0.149. The number of rotatable bonds is 0. The molecule has 0 bridgehead atoms. The highest BCUT2D eigenvalue weighted by atomic mass is 35.5. The van der Waals surface area contributed by atoms with Crippen LogP contribution in [0.25, 0.3) is 0 Å². The van der Waals surface area contributed by atoms with Crippen molar-refractivity contribution in [3.8, 4) is 0 Å². The summed E-state index contributed by atoms with van der Waals surface area (Å²) in [4.78, 5) is 10.1. The predicted octanol–water partition coefficient (Wildman–Crippen LogP) is -0.295. The molecule has 2 N–H and O–H groups in total. The van der Waals surface area contributed by atoms with Crippen LogP contribution in [-0.4, -0.2) is 25.1 Å². The molecule has 0 radical (unpaired) electrons. The average molecular weight is 163 g/mol. The highest BCUT2D eigenvalue weighted by Crippen LogP contribution is 1.95. The van der Waals surface area contributed by atoms with Gasteiger partial charge >= 0.3 is 0 Å². The van der Waals surface area contributed by atoms with Gasteiger partial charge in [-0.2, -0.15) is 0 Å². The van der Waals surface area contributed by atoms with Crippen molar-refractivity contribution in [2.75, 3.05) is 13.1 Å². The van der Waals surface area contributed by atoms with Gasteiger partial charge < -0.3 is 10.6 Å². The summed E-state index contributed by atoms with van der Waals surface area (Å²) >= 11 is 0. The smallest absolute Gasteiger partial charge is 0.147 e. The van der Waals surface area contributed by atoms with Gasteiger partial charge in [0.2, 0.25) is 0 Å². The number of piperazine rings is 1. The summed E-state index contributed by atoms with van der Waals surface area (Å²) in [7, 11) is 0. The Morgan fingerprint density at radius 2 is 2.30 bits per heavy atom. The Morgan fingerprint density at radius 1 is 1.60 bits per heavy atom. The van der Waals surface area contributed by atoms with Crippen molar-refractivity contribution in [1.29, 1.82) is 0 Å². The number of carbonyl (C=O) groups excluding carboxylic acids is 1. The fourth-order valence-electron chi connectivity index (χ4n) is 0.865. The molecule has 0 aromatic carbocycles. The molecule has 1 atom stereocenters. The second kappa shape index (κ2) is 4.34. The minimum atomic E-state index is 0. The molecule has 1 aliphatic heterocycles. The van der Waals surface area contributed by atoms with Gasteiger partial charge in [0.1, 0.15) is 11.6 Å². The van der Waals surface area contributed by atoms with Gasteiger partial charge in [0.25, 0.3) is 0 Å². The van der Waals surface area contributed by atoms with Gasteiger partial charge in [0.15, 0.2) is 0 Å². The zero-order valence-corrected chi connectivity index (χ0v) is 6.62. The number of hydrogen-bond donors (Lipinski definition) is 2. The fraction of sp³-hybridized carbons (Fsp3) is 0.667. The predicted molar refractivity (Wildman–Crippen MR) is 41.9 cm³/mol. The van der Waals surface area contributed by atoms with Gasteiger partial charge in [0.05, 0.1) is 6.04 Å². The minimum absolute atomic E-state index is 0. The zero-order chi connectivity index (χ0) is 6.69. The standard InChI is InChI=1S/C6H10N2O.ClH/c1-5-6(4-9)8-3-2-7-5;/h5,7-8H,2-3H2,1H3;1H. The van der Waals surface area contributed by atoms with Crippen LogP contribution in [0.5, 0.6) is 0 Å². The van der Waals surface area contributed by atoms with E-state index in [-0.39, 0.29) is 18.4 Å². The Hall–Kier alpha value is -0.500. The summed E-state index contributed by atoms with van der Waals surface area (Å²) in [5, 5.41) is 6.07. The van der Waals surface area contributed by atoms with Crippen molar-refractivity contribution < 1.29 is 4.79 Å². The van der Waals surface area contributed by atoms with Crippen molar-refractivity contribution in [1.82, 2.24) is 10.6 Å². The number of halogens is 1. The van der Waals surface area contributed by atoms with Crippen LogP contribution < -0.4 is 10.6 Å². The zero-order valence-electron chi connectivity index (χ0n) is 5.81. The molecule has 1 fully saturated rings. The maximum atomic E-state index is 10.1. The normalized spacial score (nSPS) is 24.1. The molecule has 1 rings (SSSR count). The lowest BCUT2D eigenvalue weighted by atomic mass is 10.2. The lowest BCUT2D eigenvalue weighted by Crippen LogP contribution is -2.44. The van der Waals surface area contributed by atoms with Crippen LogP contribution in [0.3, 0.4) is 0 Å². The van der Waals surface area contributed by atoms with E-state index in [4.69, 9.17) is 0 Å². The van der Waals surface area contributed by atoms with Crippen LogP contribution in [0.1, 0.15) is 6.92 Å². The largest absolute Gasteiger partial charge is 0.377 e. The van der Waals surface area contributed by atoms with E-state index in [2.05, 4.69) is 10.6 Å². The molecular weight excluding hydrogens is 152 g/mol. The molecule has 0 aromatic heterocycles. The SMILES string of the molecule is CC1NCCNC1=C=O.Cl. The van der Waals surface area contributed by atoms with Gasteiger partial charge in [-0.15, -0.1) is 12.4 Å². The fourth-order valence-corrected chi connectivity index (χ4v) is 0.865. The lowest BCUT2D eigenvalue weighted by molar-refractivity contribution is 0.499. The van der Waals surface area contributed by atoms with Crippen molar-refractivity contribution in [3.63, 3.8) is 0 Å². The third-order valence-corrected chi connectivity index (χ3v) is 1.43. The summed E-state index contributed by atoms with van der Waals surface area (Å²) in [6.07, 6.45) is 0. The van der Waals surface area contributed by atoms with Crippen LogP contribution >= 0.6 is 12.4 Å². The molecule has 10 heavy (non-hydrogen) atoms. The molecule has 0 amide bonds. The molecule has 1 unspecified atom stereocenters. The van der Waals surface area contributed by atoms with Gasteiger partial charge in [-0.1, -0.05) is 0 Å². The van der Waals surface area contributed by atoms with E-state index in [9.17, 15) is 4.79 Å². The molecule has 4 heteroatoms. The van der Waals surface area contributed by atoms with Gasteiger partial charge in [-0.3, -0.25) is 0 Å². The summed E-state index contributed by atoms with van der Waals surface area (Å²) in [5.41, 5.74) is 0.640. The van der Waals surface area contributed by atoms with Gasteiger partial charge in [0, 0.05) is 13.1 Å². The molecule has 0 aromatic rings. The maximum Gasteiger partial charge on any atom is 0.147 e. The summed E-state index contributed by atoms with van der Waals surface area (Å²) in [5.74, 6) is 1.85. The van der Waals surface area contributed by atoms with Crippen LogP contribution in [0.15, 0.2) is 5.70 Å². The number of nitrogens with one attached hydrogen (secondary N) is 2. The van der Waals surface area contributed by atoms with Crippen LogP contribution in [0.4, 0.5) is 0 Å². The Kier molecular flexibility index (Phi) is 4.12.